The average molecular weight is 361 g/mol. The Labute approximate surface area is 150 Å². The molecule has 0 saturated carbocycles. The molecule has 1 saturated heterocycles. The van der Waals surface area contributed by atoms with Crippen molar-refractivity contribution in [3.63, 3.8) is 0 Å². The van der Waals surface area contributed by atoms with E-state index in [9.17, 15) is 4.79 Å². The van der Waals surface area contributed by atoms with Gasteiger partial charge in [-0.25, -0.2) is 4.99 Å². The van der Waals surface area contributed by atoms with Gasteiger partial charge in [-0.1, -0.05) is 11.8 Å². The summed E-state index contributed by atoms with van der Waals surface area (Å²) in [7, 11) is 1.89. The van der Waals surface area contributed by atoms with Gasteiger partial charge in [0.2, 0.25) is 0 Å². The zero-order chi connectivity index (χ0) is 17.8. The maximum absolute atomic E-state index is 12.8. The van der Waals surface area contributed by atoms with Crippen molar-refractivity contribution in [1.82, 2.24) is 19.6 Å². The van der Waals surface area contributed by atoms with Crippen molar-refractivity contribution >= 4 is 22.6 Å². The topological polar surface area (TPSA) is 77.2 Å². The molecule has 4 rings (SSSR count). The fourth-order valence-corrected chi connectivity index (χ4v) is 4.77. The van der Waals surface area contributed by atoms with Crippen LogP contribution in [-0.4, -0.2) is 36.8 Å². The maximum Gasteiger partial charge on any atom is 0.271 e. The van der Waals surface area contributed by atoms with E-state index in [2.05, 4.69) is 24.0 Å². The van der Waals surface area contributed by atoms with Gasteiger partial charge in [-0.15, -0.1) is 0 Å². The Balaban J connectivity index is 1.80. The molecule has 0 aromatic carbocycles. The summed E-state index contributed by atoms with van der Waals surface area (Å²) >= 11 is 1.61. The number of nitrogens with zero attached hydrogens (tertiary/aromatic N) is 4. The van der Waals surface area contributed by atoms with Gasteiger partial charge in [0.1, 0.15) is 0 Å². The summed E-state index contributed by atoms with van der Waals surface area (Å²) in [5, 5.41) is 8.20. The number of H-pyrrole nitrogens is 1. The van der Waals surface area contributed by atoms with Gasteiger partial charge in [0.15, 0.2) is 5.82 Å². The number of aromatic amines is 1. The van der Waals surface area contributed by atoms with E-state index in [0.29, 0.717) is 6.61 Å². The molecule has 1 fully saturated rings. The Kier molecular flexibility index (Phi) is 3.92. The van der Waals surface area contributed by atoms with E-state index < -0.39 is 0 Å². The summed E-state index contributed by atoms with van der Waals surface area (Å²) in [6.07, 6.45) is 5.52. The Morgan fingerprint density at radius 3 is 2.92 bits per heavy atom. The molecule has 0 unspecified atom stereocenters. The molecule has 134 valence electrons. The van der Waals surface area contributed by atoms with Crippen molar-refractivity contribution in [3.8, 4) is 0 Å². The molecular formula is C17H23N5O2S. The molecular weight excluding hydrogens is 338 g/mol. The van der Waals surface area contributed by atoms with E-state index in [1.54, 1.807) is 16.4 Å². The van der Waals surface area contributed by atoms with Crippen LogP contribution in [0.25, 0.3) is 0 Å². The number of ether oxygens (including phenoxy) is 1. The molecule has 0 spiro atoms. The van der Waals surface area contributed by atoms with Gasteiger partial charge in [0.05, 0.1) is 33.7 Å². The highest BCUT2D eigenvalue weighted by Crippen LogP contribution is 2.45. The first kappa shape index (κ1) is 16.7. The summed E-state index contributed by atoms with van der Waals surface area (Å²) in [6, 6.07) is 0.189. The van der Waals surface area contributed by atoms with E-state index in [1.165, 1.54) is 0 Å². The van der Waals surface area contributed by atoms with Crippen molar-refractivity contribution in [1.29, 1.82) is 0 Å². The fraction of sp³-hybridized carbons (Fsp3) is 0.588. The van der Waals surface area contributed by atoms with Gasteiger partial charge >= 0.3 is 0 Å². The number of aryl methyl sites for hydroxylation is 1. The summed E-state index contributed by atoms with van der Waals surface area (Å²) in [4.78, 5) is 17.5. The predicted molar refractivity (Wildman–Crippen MR) is 98.8 cm³/mol. The van der Waals surface area contributed by atoms with E-state index in [4.69, 9.17) is 9.73 Å². The monoisotopic (exact) mass is 361 g/mol. The molecule has 25 heavy (non-hydrogen) atoms. The quantitative estimate of drug-likeness (QED) is 0.892. The first-order valence-electron chi connectivity index (χ1n) is 8.53. The second kappa shape index (κ2) is 5.88. The van der Waals surface area contributed by atoms with Gasteiger partial charge in [-0.05, 0) is 33.6 Å². The van der Waals surface area contributed by atoms with Crippen molar-refractivity contribution in [2.24, 2.45) is 12.0 Å². The summed E-state index contributed by atoms with van der Waals surface area (Å²) < 4.78 is 9.56. The maximum atomic E-state index is 12.8. The molecule has 7 nitrogen and oxygen atoms in total. The molecule has 2 aliphatic heterocycles. The molecule has 8 heteroatoms. The van der Waals surface area contributed by atoms with Crippen LogP contribution in [0.15, 0.2) is 22.2 Å². The first-order valence-corrected chi connectivity index (χ1v) is 9.41. The number of hydrogen-bond acceptors (Lipinski definition) is 5. The largest absolute Gasteiger partial charge is 0.375 e. The molecule has 2 atom stereocenters. The molecule has 2 aliphatic rings. The molecule has 2 aromatic rings. The van der Waals surface area contributed by atoms with Crippen molar-refractivity contribution < 1.29 is 4.74 Å². The lowest BCUT2D eigenvalue weighted by atomic mass is 9.94. The molecule has 0 aliphatic carbocycles. The number of thioether (sulfide) groups is 1. The molecule has 4 heterocycles. The van der Waals surface area contributed by atoms with Crippen LogP contribution in [0.5, 0.6) is 0 Å². The lowest BCUT2D eigenvalue weighted by molar-refractivity contribution is -0.0705. The summed E-state index contributed by atoms with van der Waals surface area (Å²) in [5.41, 5.74) is 1.50. The third kappa shape index (κ3) is 2.97. The van der Waals surface area contributed by atoms with Gasteiger partial charge in [0.25, 0.3) is 5.56 Å². The highest BCUT2D eigenvalue weighted by Gasteiger charge is 2.36. The normalized spacial score (nSPS) is 25.5. The van der Waals surface area contributed by atoms with Gasteiger partial charge in [-0.3, -0.25) is 19.3 Å². The van der Waals surface area contributed by atoms with Crippen LogP contribution >= 0.6 is 11.8 Å². The summed E-state index contributed by atoms with van der Waals surface area (Å²) in [6.45, 7) is 6.87. The SMILES string of the molecule is CC1=Nc2c(c(=O)[nH]n2[C@H]2CCOC(C)(C)C2)[C@H](c2cnn(C)c2)S1. The lowest BCUT2D eigenvalue weighted by Crippen LogP contribution is -2.35. The zero-order valence-corrected chi connectivity index (χ0v) is 15.8. The fourth-order valence-electron chi connectivity index (χ4n) is 3.70. The van der Waals surface area contributed by atoms with Crippen LogP contribution in [0, 0.1) is 0 Å². The van der Waals surface area contributed by atoms with Gasteiger partial charge < -0.3 is 4.74 Å². The summed E-state index contributed by atoms with van der Waals surface area (Å²) in [5.74, 6) is 0.762. The van der Waals surface area contributed by atoms with Crippen LogP contribution < -0.4 is 5.56 Å². The minimum absolute atomic E-state index is 0.0584. The molecule has 1 N–H and O–H groups in total. The predicted octanol–water partition coefficient (Wildman–Crippen LogP) is 2.93. The van der Waals surface area contributed by atoms with Crippen LogP contribution in [0.1, 0.15) is 56.0 Å². The lowest BCUT2D eigenvalue weighted by Gasteiger charge is -2.36. The van der Waals surface area contributed by atoms with E-state index in [-0.39, 0.29) is 22.5 Å². The Bertz CT molecular complexity index is 891. The zero-order valence-electron chi connectivity index (χ0n) is 14.9. The number of fused-ring (bicyclic) bond motifs is 1. The highest BCUT2D eigenvalue weighted by molar-refractivity contribution is 8.14. The number of rotatable bonds is 2. The number of nitrogens with one attached hydrogen (secondary N) is 1. The molecule has 0 bridgehead atoms. The van der Waals surface area contributed by atoms with Gasteiger partial charge in [-0.2, -0.15) is 5.10 Å². The molecule has 0 radical (unpaired) electrons. The average Bonchev–Trinajstić information content (AvgIpc) is 3.10. The van der Waals surface area contributed by atoms with Crippen molar-refractivity contribution in [2.75, 3.05) is 6.61 Å². The number of aliphatic imine (C=N–C) groups is 1. The molecule has 2 aromatic heterocycles. The van der Waals surface area contributed by atoms with E-state index in [0.717, 1.165) is 34.8 Å². The van der Waals surface area contributed by atoms with Crippen LogP contribution in [0.3, 0.4) is 0 Å². The second-order valence-corrected chi connectivity index (χ2v) is 8.68. The van der Waals surface area contributed by atoms with Crippen LogP contribution in [0.2, 0.25) is 0 Å². The standard InChI is InChI=1S/C17H23N5O2S/c1-10-19-15-13(14(25-10)11-8-18-21(4)9-11)16(23)20-22(15)12-5-6-24-17(2,3)7-12/h8-9,12,14H,5-7H2,1-4H3,(H,20,23)/t12-,14-/m0/s1. The minimum atomic E-state index is -0.193. The Hall–Kier alpha value is -1.80. The number of aromatic nitrogens is 4. The second-order valence-electron chi connectivity index (χ2n) is 7.38. The Morgan fingerprint density at radius 2 is 2.24 bits per heavy atom. The first-order chi connectivity index (χ1) is 11.8. The van der Waals surface area contributed by atoms with E-state index in [1.807, 2.05) is 31.0 Å². The van der Waals surface area contributed by atoms with Crippen LogP contribution in [0.4, 0.5) is 5.82 Å². The third-order valence-corrected chi connectivity index (χ3v) is 5.99. The Morgan fingerprint density at radius 1 is 1.44 bits per heavy atom. The van der Waals surface area contributed by atoms with Crippen molar-refractivity contribution in [2.45, 2.75) is 50.5 Å². The van der Waals surface area contributed by atoms with Crippen LogP contribution in [-0.2, 0) is 11.8 Å². The highest BCUT2D eigenvalue weighted by atomic mass is 32.2. The van der Waals surface area contributed by atoms with Crippen molar-refractivity contribution in [3.05, 3.63) is 33.9 Å². The molecule has 0 amide bonds. The third-order valence-electron chi connectivity index (χ3n) is 4.81. The smallest absolute Gasteiger partial charge is 0.271 e. The minimum Gasteiger partial charge on any atom is -0.375 e. The van der Waals surface area contributed by atoms with Gasteiger partial charge in [0, 0.05) is 25.4 Å². The number of hydrogen-bond donors (Lipinski definition) is 1. The van der Waals surface area contributed by atoms with E-state index >= 15 is 0 Å².